The number of hydrogen-bond donors (Lipinski definition) is 1. The van der Waals surface area contributed by atoms with Gasteiger partial charge in [-0.1, -0.05) is 18.6 Å². The Balaban J connectivity index is 1.47. The van der Waals surface area contributed by atoms with Crippen molar-refractivity contribution in [3.8, 4) is 5.75 Å². The molecule has 4 rings (SSSR count). The smallest absolute Gasteiger partial charge is 0.230 e. The number of ether oxygens (including phenoxy) is 1. The standard InChI is InChI=1S/C21H28N4O2/c1-24-14-23-19-13-25(11-16-6-8-17(27-2)9-7-16)12-18(20(19)24)21(26)22-10-15-4-3-5-15/h6-9,14-15,18H,3-5,10-13H2,1-2H3,(H,22,26)/t18-/m1/s1. The van der Waals surface area contributed by atoms with Gasteiger partial charge < -0.3 is 14.6 Å². The average Bonchev–Trinajstić information content (AvgIpc) is 3.01. The first-order valence-corrected chi connectivity index (χ1v) is 9.77. The van der Waals surface area contributed by atoms with Crippen molar-refractivity contribution in [1.82, 2.24) is 19.8 Å². The van der Waals surface area contributed by atoms with Crippen LogP contribution in [0.2, 0.25) is 0 Å². The van der Waals surface area contributed by atoms with Crippen molar-refractivity contribution in [2.24, 2.45) is 13.0 Å². The molecule has 2 aliphatic rings. The third-order valence-electron chi connectivity index (χ3n) is 5.88. The molecule has 6 nitrogen and oxygen atoms in total. The number of amides is 1. The van der Waals surface area contributed by atoms with Gasteiger partial charge in [0.2, 0.25) is 5.91 Å². The van der Waals surface area contributed by atoms with E-state index in [1.165, 1.54) is 24.8 Å². The monoisotopic (exact) mass is 368 g/mol. The fourth-order valence-corrected chi connectivity index (χ4v) is 4.06. The van der Waals surface area contributed by atoms with Gasteiger partial charge in [-0.15, -0.1) is 0 Å². The summed E-state index contributed by atoms with van der Waals surface area (Å²) in [6.45, 7) is 3.09. The molecule has 1 aromatic heterocycles. The largest absolute Gasteiger partial charge is 0.497 e. The lowest BCUT2D eigenvalue weighted by Crippen LogP contribution is -2.43. The van der Waals surface area contributed by atoms with Crippen molar-refractivity contribution in [1.29, 1.82) is 0 Å². The number of fused-ring (bicyclic) bond motifs is 1. The van der Waals surface area contributed by atoms with Crippen molar-refractivity contribution in [3.63, 3.8) is 0 Å². The van der Waals surface area contributed by atoms with Gasteiger partial charge in [0.05, 0.1) is 30.7 Å². The topological polar surface area (TPSA) is 59.4 Å². The third-order valence-corrected chi connectivity index (χ3v) is 5.88. The second-order valence-electron chi connectivity index (χ2n) is 7.80. The number of hydrogen-bond acceptors (Lipinski definition) is 4. The third kappa shape index (κ3) is 3.86. The van der Waals surface area contributed by atoms with Gasteiger partial charge in [-0.3, -0.25) is 9.69 Å². The van der Waals surface area contributed by atoms with E-state index in [1.54, 1.807) is 7.11 Å². The molecule has 1 fully saturated rings. The Kier molecular flexibility index (Phi) is 5.16. The molecule has 0 unspecified atom stereocenters. The highest BCUT2D eigenvalue weighted by Crippen LogP contribution is 2.30. The molecule has 2 heterocycles. The van der Waals surface area contributed by atoms with Crippen LogP contribution in [0.1, 0.15) is 42.1 Å². The molecule has 1 amide bonds. The van der Waals surface area contributed by atoms with E-state index >= 15 is 0 Å². The number of methoxy groups -OCH3 is 1. The number of nitrogens with one attached hydrogen (secondary N) is 1. The highest BCUT2D eigenvalue weighted by Gasteiger charge is 2.34. The lowest BCUT2D eigenvalue weighted by molar-refractivity contribution is -0.123. The number of benzene rings is 1. The van der Waals surface area contributed by atoms with Crippen molar-refractivity contribution in [3.05, 3.63) is 47.5 Å². The molecule has 1 aliphatic heterocycles. The van der Waals surface area contributed by atoms with E-state index in [2.05, 4.69) is 27.3 Å². The number of aromatic nitrogens is 2. The molecular weight excluding hydrogens is 340 g/mol. The number of imidazole rings is 1. The van der Waals surface area contributed by atoms with Gasteiger partial charge in [-0.25, -0.2) is 4.98 Å². The number of aryl methyl sites for hydroxylation is 1. The van der Waals surface area contributed by atoms with Gasteiger partial charge in [0, 0.05) is 33.2 Å². The van der Waals surface area contributed by atoms with Crippen LogP contribution in [-0.4, -0.2) is 40.6 Å². The molecule has 0 bridgehead atoms. The molecule has 1 N–H and O–H groups in total. The molecule has 0 saturated heterocycles. The number of carbonyl (C=O) groups is 1. The Bertz CT molecular complexity index is 795. The van der Waals surface area contributed by atoms with E-state index in [0.717, 1.165) is 43.3 Å². The molecule has 6 heteroatoms. The number of carbonyl (C=O) groups excluding carboxylic acids is 1. The summed E-state index contributed by atoms with van der Waals surface area (Å²) in [4.78, 5) is 19.8. The van der Waals surface area contributed by atoms with Crippen LogP contribution < -0.4 is 10.1 Å². The lowest BCUT2D eigenvalue weighted by Gasteiger charge is -2.33. The summed E-state index contributed by atoms with van der Waals surface area (Å²) in [5.41, 5.74) is 3.29. The van der Waals surface area contributed by atoms with E-state index in [-0.39, 0.29) is 11.8 Å². The molecule has 27 heavy (non-hydrogen) atoms. The van der Waals surface area contributed by atoms with Crippen LogP contribution in [-0.2, 0) is 24.9 Å². The molecule has 1 saturated carbocycles. The summed E-state index contributed by atoms with van der Waals surface area (Å²) in [5.74, 6) is 1.49. The zero-order chi connectivity index (χ0) is 18.8. The fraction of sp³-hybridized carbons (Fsp3) is 0.524. The van der Waals surface area contributed by atoms with Gasteiger partial charge in [0.25, 0.3) is 0 Å². The van der Waals surface area contributed by atoms with Crippen LogP contribution in [0.15, 0.2) is 30.6 Å². The maximum atomic E-state index is 12.9. The van der Waals surface area contributed by atoms with Gasteiger partial charge in [-0.05, 0) is 36.5 Å². The van der Waals surface area contributed by atoms with Crippen LogP contribution in [0, 0.1) is 5.92 Å². The number of nitrogens with zero attached hydrogens (tertiary/aromatic N) is 3. The predicted molar refractivity (Wildman–Crippen MR) is 103 cm³/mol. The van der Waals surface area contributed by atoms with E-state index in [4.69, 9.17) is 4.74 Å². The Hall–Kier alpha value is -2.34. The molecule has 0 spiro atoms. The van der Waals surface area contributed by atoms with Crippen molar-refractivity contribution < 1.29 is 9.53 Å². The van der Waals surface area contributed by atoms with Crippen LogP contribution in [0.25, 0.3) is 0 Å². The van der Waals surface area contributed by atoms with Crippen LogP contribution in [0.5, 0.6) is 5.75 Å². The minimum absolute atomic E-state index is 0.131. The minimum Gasteiger partial charge on any atom is -0.497 e. The van der Waals surface area contributed by atoms with E-state index in [9.17, 15) is 4.79 Å². The Morgan fingerprint density at radius 1 is 1.30 bits per heavy atom. The van der Waals surface area contributed by atoms with Crippen LogP contribution >= 0.6 is 0 Å². The summed E-state index contributed by atoms with van der Waals surface area (Å²) in [6.07, 6.45) is 5.61. The minimum atomic E-state index is -0.167. The highest BCUT2D eigenvalue weighted by molar-refractivity contribution is 5.84. The van der Waals surface area contributed by atoms with E-state index < -0.39 is 0 Å². The van der Waals surface area contributed by atoms with E-state index in [0.29, 0.717) is 5.92 Å². The molecule has 2 aromatic rings. The van der Waals surface area contributed by atoms with Gasteiger partial charge >= 0.3 is 0 Å². The Labute approximate surface area is 160 Å². The quantitative estimate of drug-likeness (QED) is 0.851. The first-order chi connectivity index (χ1) is 13.1. The van der Waals surface area contributed by atoms with Crippen molar-refractivity contribution >= 4 is 5.91 Å². The Morgan fingerprint density at radius 2 is 2.07 bits per heavy atom. The summed E-state index contributed by atoms with van der Waals surface area (Å²) < 4.78 is 7.25. The summed E-state index contributed by atoms with van der Waals surface area (Å²) >= 11 is 0. The highest BCUT2D eigenvalue weighted by atomic mass is 16.5. The van der Waals surface area contributed by atoms with Gasteiger partial charge in [-0.2, -0.15) is 0 Å². The van der Waals surface area contributed by atoms with Crippen LogP contribution in [0.3, 0.4) is 0 Å². The van der Waals surface area contributed by atoms with Gasteiger partial charge in [0.15, 0.2) is 0 Å². The van der Waals surface area contributed by atoms with Crippen molar-refractivity contribution in [2.45, 2.75) is 38.3 Å². The SMILES string of the molecule is COc1ccc(CN2Cc3ncn(C)c3[C@H](C(=O)NCC3CCC3)C2)cc1. The molecule has 1 aliphatic carbocycles. The zero-order valence-electron chi connectivity index (χ0n) is 16.1. The van der Waals surface area contributed by atoms with Gasteiger partial charge in [0.1, 0.15) is 5.75 Å². The second kappa shape index (κ2) is 7.72. The Morgan fingerprint density at radius 3 is 2.74 bits per heavy atom. The number of rotatable bonds is 6. The molecule has 1 aromatic carbocycles. The average molecular weight is 368 g/mol. The lowest BCUT2D eigenvalue weighted by atomic mass is 9.85. The van der Waals surface area contributed by atoms with Crippen LogP contribution in [0.4, 0.5) is 0 Å². The maximum absolute atomic E-state index is 12.9. The fourth-order valence-electron chi connectivity index (χ4n) is 4.06. The molecular formula is C21H28N4O2. The molecule has 144 valence electrons. The summed E-state index contributed by atoms with van der Waals surface area (Å²) in [6, 6.07) is 8.12. The summed E-state index contributed by atoms with van der Waals surface area (Å²) in [7, 11) is 3.66. The first-order valence-electron chi connectivity index (χ1n) is 9.77. The molecule has 1 atom stereocenters. The van der Waals surface area contributed by atoms with Crippen molar-refractivity contribution in [2.75, 3.05) is 20.2 Å². The molecule has 0 radical (unpaired) electrons. The first kappa shape index (κ1) is 18.0. The summed E-state index contributed by atoms with van der Waals surface area (Å²) in [5, 5.41) is 3.19. The predicted octanol–water partition coefficient (Wildman–Crippen LogP) is 2.44. The van der Waals surface area contributed by atoms with E-state index in [1.807, 2.05) is 30.1 Å². The maximum Gasteiger partial charge on any atom is 0.230 e. The zero-order valence-corrected chi connectivity index (χ0v) is 16.1. The second-order valence-corrected chi connectivity index (χ2v) is 7.80. The normalized spacial score (nSPS) is 20.0.